The topological polar surface area (TPSA) is 95.8 Å². The third-order valence-corrected chi connectivity index (χ3v) is 9.41. The molecule has 0 aliphatic rings. The molecule has 9 nitrogen and oxygen atoms in total. The number of aromatic nitrogens is 3. The molecule has 0 saturated heterocycles. The van der Waals surface area contributed by atoms with Gasteiger partial charge in [-0.25, -0.2) is 14.7 Å². The second kappa shape index (κ2) is 15.2. The first-order valence-electron chi connectivity index (χ1n) is 13.0. The van der Waals surface area contributed by atoms with Crippen LogP contribution in [0, 0.1) is 0 Å². The van der Waals surface area contributed by atoms with Crippen LogP contribution in [0.15, 0.2) is 52.6 Å². The third kappa shape index (κ3) is 8.71. The van der Waals surface area contributed by atoms with E-state index in [4.69, 9.17) is 42.0 Å². The molecule has 2 aromatic heterocycles. The molecule has 0 spiro atoms. The van der Waals surface area contributed by atoms with Gasteiger partial charge in [0.15, 0.2) is 0 Å². The zero-order chi connectivity index (χ0) is 29.3. The zero-order valence-electron chi connectivity index (χ0n) is 23.3. The summed E-state index contributed by atoms with van der Waals surface area (Å²) in [5.74, 6) is 0.441. The number of carbonyl (C=O) groups is 1. The molecular formula is C27H35Cl2N4O5PS. The Kier molecular flexibility index (Phi) is 12.4. The fraction of sp³-hybridized carbons (Fsp3) is 0.444. The number of benzene rings is 1. The van der Waals surface area contributed by atoms with Gasteiger partial charge in [-0.3, -0.25) is 14.1 Å². The monoisotopic (exact) mass is 628 g/mol. The molecule has 0 fully saturated rings. The number of methoxy groups -OCH3 is 1. The predicted octanol–water partition coefficient (Wildman–Crippen LogP) is 8.14. The van der Waals surface area contributed by atoms with E-state index in [1.54, 1.807) is 32.3 Å². The number of nitrogens with zero attached hydrogens (tertiary/aromatic N) is 4. The number of halogens is 2. The second-order valence-electron chi connectivity index (χ2n) is 9.05. The van der Waals surface area contributed by atoms with Crippen LogP contribution < -0.4 is 4.90 Å². The Morgan fingerprint density at radius 2 is 1.73 bits per heavy atom. The highest BCUT2D eigenvalue weighted by Gasteiger charge is 2.30. The molecule has 0 radical (unpaired) electrons. The van der Waals surface area contributed by atoms with Crippen molar-refractivity contribution >= 4 is 54.6 Å². The van der Waals surface area contributed by atoms with Gasteiger partial charge in [0.25, 0.3) is 0 Å². The van der Waals surface area contributed by atoms with Crippen molar-refractivity contribution in [2.75, 3.05) is 37.9 Å². The molecule has 1 amide bonds. The Labute approximate surface area is 250 Å². The van der Waals surface area contributed by atoms with Crippen molar-refractivity contribution in [3.8, 4) is 0 Å². The fourth-order valence-electron chi connectivity index (χ4n) is 4.01. The Bertz CT molecular complexity index is 1300. The Balaban J connectivity index is 2.09. The van der Waals surface area contributed by atoms with Crippen LogP contribution in [-0.4, -0.2) is 53.7 Å². The molecule has 2 heterocycles. The van der Waals surface area contributed by atoms with E-state index in [2.05, 4.69) is 4.98 Å². The van der Waals surface area contributed by atoms with Crippen LogP contribution >= 0.6 is 42.6 Å². The molecule has 3 rings (SSSR count). The van der Waals surface area contributed by atoms with Crippen molar-refractivity contribution in [2.45, 2.75) is 56.5 Å². The largest absolute Gasteiger partial charge is 0.452 e. The Morgan fingerprint density at radius 1 is 1.10 bits per heavy atom. The van der Waals surface area contributed by atoms with Crippen molar-refractivity contribution in [3.63, 3.8) is 0 Å². The molecule has 40 heavy (non-hydrogen) atoms. The van der Waals surface area contributed by atoms with E-state index in [0.29, 0.717) is 29.0 Å². The molecule has 13 heteroatoms. The number of amides is 1. The van der Waals surface area contributed by atoms with E-state index in [-0.39, 0.29) is 31.8 Å². The lowest BCUT2D eigenvalue weighted by molar-refractivity contribution is 0.177. The van der Waals surface area contributed by atoms with Gasteiger partial charge in [-0.2, -0.15) is 0 Å². The van der Waals surface area contributed by atoms with Crippen LogP contribution in [-0.2, 0) is 24.9 Å². The van der Waals surface area contributed by atoms with Crippen molar-refractivity contribution < 1.29 is 23.1 Å². The zero-order valence-corrected chi connectivity index (χ0v) is 26.5. The molecule has 0 aliphatic heterocycles. The summed E-state index contributed by atoms with van der Waals surface area (Å²) in [6, 6.07) is 9.17. The van der Waals surface area contributed by atoms with Gasteiger partial charge in [0.2, 0.25) is 5.95 Å². The van der Waals surface area contributed by atoms with E-state index in [9.17, 15) is 9.36 Å². The lowest BCUT2D eigenvalue weighted by Gasteiger charge is -2.23. The van der Waals surface area contributed by atoms with E-state index in [1.165, 1.54) is 23.8 Å². The van der Waals surface area contributed by atoms with Crippen LogP contribution in [0.25, 0.3) is 0 Å². The SMILES string of the molecule is CCOP(=O)(CCCN(C(=O)OC)c1nc(C(C)C)c(Sc2cc(Cl)cc(Cl)c2)n1Cc1ccncc1)OCC. The minimum absolute atomic E-state index is 0.0326. The summed E-state index contributed by atoms with van der Waals surface area (Å²) >= 11 is 14.1. The maximum absolute atomic E-state index is 13.1. The number of ether oxygens (including phenoxy) is 1. The quantitative estimate of drug-likeness (QED) is 0.165. The van der Waals surface area contributed by atoms with E-state index >= 15 is 0 Å². The van der Waals surface area contributed by atoms with E-state index in [1.807, 2.05) is 42.7 Å². The first-order valence-corrected chi connectivity index (χ1v) is 16.3. The number of carbonyl (C=O) groups excluding carboxylic acids is 1. The first-order chi connectivity index (χ1) is 19.1. The van der Waals surface area contributed by atoms with Gasteiger partial charge >= 0.3 is 13.7 Å². The van der Waals surface area contributed by atoms with Crippen molar-refractivity contribution in [1.82, 2.24) is 14.5 Å². The molecular weight excluding hydrogens is 594 g/mol. The van der Waals surface area contributed by atoms with Crippen LogP contribution in [0.4, 0.5) is 10.7 Å². The number of imidazole rings is 1. The molecule has 0 saturated carbocycles. The van der Waals surface area contributed by atoms with E-state index < -0.39 is 13.7 Å². The molecule has 0 N–H and O–H groups in total. The van der Waals surface area contributed by atoms with Gasteiger partial charge in [0.05, 0.1) is 38.7 Å². The molecule has 0 atom stereocenters. The summed E-state index contributed by atoms with van der Waals surface area (Å²) in [4.78, 5) is 24.5. The summed E-state index contributed by atoms with van der Waals surface area (Å²) in [7, 11) is -1.97. The fourth-order valence-corrected chi connectivity index (χ4v) is 7.55. The first kappa shape index (κ1) is 32.4. The summed E-state index contributed by atoms with van der Waals surface area (Å²) in [5.41, 5.74) is 1.77. The third-order valence-electron chi connectivity index (χ3n) is 5.72. The molecule has 218 valence electrons. The van der Waals surface area contributed by atoms with Gasteiger partial charge in [0, 0.05) is 33.9 Å². The standard InChI is InChI=1S/C27H35Cl2N4O5PS/c1-6-37-39(35,38-7-2)14-8-13-32(27(34)36-5)26-31-24(19(3)4)25(33(26)18-20-9-11-30-12-10-20)40-23-16-21(28)15-22(29)17-23/h9-12,15-17,19H,6-8,13-14,18H2,1-5H3. The summed E-state index contributed by atoms with van der Waals surface area (Å²) in [6.07, 6.45) is 3.35. The van der Waals surface area contributed by atoms with Gasteiger partial charge in [-0.1, -0.05) is 48.8 Å². The van der Waals surface area contributed by atoms with Crippen LogP contribution in [0.2, 0.25) is 10.0 Å². The average Bonchev–Trinajstić information content (AvgIpc) is 3.24. The highest BCUT2D eigenvalue weighted by molar-refractivity contribution is 7.99. The summed E-state index contributed by atoms with van der Waals surface area (Å²) in [5, 5.41) is 1.87. The number of anilines is 1. The van der Waals surface area contributed by atoms with Crippen molar-refractivity contribution in [2.24, 2.45) is 0 Å². The Morgan fingerprint density at radius 3 is 2.27 bits per heavy atom. The molecule has 1 aromatic carbocycles. The minimum atomic E-state index is -3.29. The van der Waals surface area contributed by atoms with Crippen LogP contribution in [0.3, 0.4) is 0 Å². The van der Waals surface area contributed by atoms with Gasteiger partial charge < -0.3 is 13.8 Å². The van der Waals surface area contributed by atoms with Crippen LogP contribution in [0.5, 0.6) is 0 Å². The molecule has 0 aliphatic carbocycles. The highest BCUT2D eigenvalue weighted by Crippen LogP contribution is 2.48. The van der Waals surface area contributed by atoms with E-state index in [0.717, 1.165) is 21.2 Å². The summed E-state index contributed by atoms with van der Waals surface area (Å²) < 4.78 is 31.1. The normalized spacial score (nSPS) is 11.7. The lowest BCUT2D eigenvalue weighted by Crippen LogP contribution is -2.34. The summed E-state index contributed by atoms with van der Waals surface area (Å²) in [6.45, 7) is 8.75. The molecule has 3 aromatic rings. The lowest BCUT2D eigenvalue weighted by atomic mass is 10.1. The predicted molar refractivity (Wildman–Crippen MR) is 160 cm³/mol. The number of hydrogen-bond acceptors (Lipinski definition) is 8. The number of pyridine rings is 1. The van der Waals surface area contributed by atoms with Crippen molar-refractivity contribution in [3.05, 3.63) is 64.0 Å². The minimum Gasteiger partial charge on any atom is -0.452 e. The molecule has 0 unspecified atom stereocenters. The Hall–Kier alpha value is -2.07. The van der Waals surface area contributed by atoms with Crippen LogP contribution in [0.1, 0.15) is 51.3 Å². The number of rotatable bonds is 14. The highest BCUT2D eigenvalue weighted by atomic mass is 35.5. The van der Waals surface area contributed by atoms with Gasteiger partial charge in [-0.15, -0.1) is 0 Å². The van der Waals surface area contributed by atoms with Crippen molar-refractivity contribution in [1.29, 1.82) is 0 Å². The van der Waals surface area contributed by atoms with Gasteiger partial charge in [0.1, 0.15) is 5.03 Å². The maximum atomic E-state index is 13.1. The molecule has 0 bridgehead atoms. The van der Waals surface area contributed by atoms with Gasteiger partial charge in [-0.05, 0) is 62.1 Å². The maximum Gasteiger partial charge on any atom is 0.416 e. The number of hydrogen-bond donors (Lipinski definition) is 0. The average molecular weight is 630 g/mol. The second-order valence-corrected chi connectivity index (χ2v) is 13.2. The smallest absolute Gasteiger partial charge is 0.416 e.